The first-order chi connectivity index (χ1) is 7.67. The predicted octanol–water partition coefficient (Wildman–Crippen LogP) is 3.10. The minimum atomic E-state index is -6.85. The van der Waals surface area contributed by atoms with Crippen LogP contribution in [0, 0.1) is 0 Å². The van der Waals surface area contributed by atoms with Crippen molar-refractivity contribution in [2.24, 2.45) is 0 Å². The predicted molar refractivity (Wildman–Crippen MR) is 37.7 cm³/mol. The van der Waals surface area contributed by atoms with Crippen LogP contribution in [0.5, 0.6) is 0 Å². The van der Waals surface area contributed by atoms with E-state index in [0.717, 1.165) is 0 Å². The average molecular weight is 290 g/mol. The number of aliphatic carboxylic acids is 1. The Morgan fingerprint density at radius 2 is 1.22 bits per heavy atom. The second kappa shape index (κ2) is 4.35. The number of halogens is 9. The van der Waals surface area contributed by atoms with Gasteiger partial charge in [0.2, 0.25) is 0 Å². The number of carbonyl (C=O) groups is 1. The number of hydrogen-bond donors (Lipinski definition) is 1. The molecule has 0 saturated carbocycles. The van der Waals surface area contributed by atoms with Crippen LogP contribution in [0.15, 0.2) is 12.2 Å². The van der Waals surface area contributed by atoms with Crippen molar-refractivity contribution in [3.63, 3.8) is 0 Å². The van der Waals surface area contributed by atoms with Crippen LogP contribution in [-0.2, 0) is 4.79 Å². The van der Waals surface area contributed by atoms with Gasteiger partial charge in [-0.15, -0.1) is 0 Å². The maximum Gasteiger partial charge on any atom is 0.457 e. The highest BCUT2D eigenvalue weighted by Crippen LogP contribution is 2.53. The molecule has 0 amide bonds. The summed E-state index contributed by atoms with van der Waals surface area (Å²) in [6.07, 6.45) is -15.7. The van der Waals surface area contributed by atoms with Gasteiger partial charge in [0.05, 0.1) is 0 Å². The normalized spacial score (nSPS) is 17.8. The van der Waals surface area contributed by atoms with Gasteiger partial charge in [0, 0.05) is 6.08 Å². The lowest BCUT2D eigenvalue weighted by atomic mass is 9.95. The summed E-state index contributed by atoms with van der Waals surface area (Å²) in [5, 5.41) is 7.86. The maximum absolute atomic E-state index is 13.0. The van der Waals surface area contributed by atoms with Gasteiger partial charge in [-0.05, 0) is 6.08 Å². The first-order valence-electron chi connectivity index (χ1n) is 3.79. The summed E-state index contributed by atoms with van der Waals surface area (Å²) >= 11 is 0. The van der Waals surface area contributed by atoms with E-state index in [1.165, 1.54) is 0 Å². The van der Waals surface area contributed by atoms with Crippen molar-refractivity contribution in [3.05, 3.63) is 12.2 Å². The Hall–Kier alpha value is -1.42. The summed E-state index contributed by atoms with van der Waals surface area (Å²) < 4.78 is 109. The van der Waals surface area contributed by atoms with Crippen molar-refractivity contribution < 1.29 is 49.4 Å². The van der Waals surface area contributed by atoms with E-state index in [2.05, 4.69) is 0 Å². The van der Waals surface area contributed by atoms with E-state index in [9.17, 15) is 44.3 Å². The van der Waals surface area contributed by atoms with Gasteiger partial charge in [-0.1, -0.05) is 0 Å². The van der Waals surface area contributed by atoms with Crippen molar-refractivity contribution in [1.82, 2.24) is 0 Å². The van der Waals surface area contributed by atoms with Crippen LogP contribution in [0.25, 0.3) is 0 Å². The fourth-order valence-electron chi connectivity index (χ4n) is 0.770. The Labute approximate surface area is 92.7 Å². The van der Waals surface area contributed by atoms with Crippen LogP contribution in [0.3, 0.4) is 0 Å². The number of alkyl halides is 9. The highest BCUT2D eigenvalue weighted by atomic mass is 19.4. The molecule has 0 aliphatic rings. The average Bonchev–Trinajstić information content (AvgIpc) is 2.09. The molecule has 0 aliphatic carbocycles. The number of hydrogen-bond acceptors (Lipinski definition) is 1. The first-order valence-corrected chi connectivity index (χ1v) is 3.79. The van der Waals surface area contributed by atoms with Gasteiger partial charge < -0.3 is 5.11 Å². The topological polar surface area (TPSA) is 37.3 Å². The second-order valence-electron chi connectivity index (χ2n) is 2.95. The largest absolute Gasteiger partial charge is 0.478 e. The Morgan fingerprint density at radius 1 is 0.833 bits per heavy atom. The number of carboxylic acid groups (broad SMARTS) is 1. The third kappa shape index (κ3) is 2.70. The smallest absolute Gasteiger partial charge is 0.457 e. The third-order valence-corrected chi connectivity index (χ3v) is 1.68. The summed E-state index contributed by atoms with van der Waals surface area (Å²) in [6.45, 7) is 0. The molecule has 0 bridgehead atoms. The van der Waals surface area contributed by atoms with Gasteiger partial charge in [-0.25, -0.2) is 9.18 Å². The van der Waals surface area contributed by atoms with Crippen molar-refractivity contribution in [2.45, 2.75) is 23.9 Å². The highest BCUT2D eigenvalue weighted by Gasteiger charge is 2.80. The molecular formula is C7H3F9O2. The summed E-state index contributed by atoms with van der Waals surface area (Å²) in [4.78, 5) is 9.80. The van der Waals surface area contributed by atoms with Crippen LogP contribution in [-0.4, -0.2) is 35.0 Å². The minimum Gasteiger partial charge on any atom is -0.478 e. The van der Waals surface area contributed by atoms with Crippen LogP contribution >= 0.6 is 0 Å². The van der Waals surface area contributed by atoms with Crippen LogP contribution in [0.4, 0.5) is 39.5 Å². The van der Waals surface area contributed by atoms with Gasteiger partial charge in [0.25, 0.3) is 5.67 Å². The van der Waals surface area contributed by atoms with Crippen molar-refractivity contribution in [1.29, 1.82) is 0 Å². The van der Waals surface area contributed by atoms with E-state index in [1.54, 1.807) is 0 Å². The minimum absolute atomic E-state index is 0.785. The Balaban J connectivity index is 5.88. The third-order valence-electron chi connectivity index (χ3n) is 1.68. The van der Waals surface area contributed by atoms with E-state index in [-0.39, 0.29) is 0 Å². The van der Waals surface area contributed by atoms with Gasteiger partial charge in [-0.2, -0.15) is 35.1 Å². The zero-order valence-electron chi connectivity index (χ0n) is 7.91. The van der Waals surface area contributed by atoms with Gasteiger partial charge in [-0.3, -0.25) is 0 Å². The number of carboxylic acids is 1. The van der Waals surface area contributed by atoms with Gasteiger partial charge >= 0.3 is 24.2 Å². The quantitative estimate of drug-likeness (QED) is 0.640. The molecule has 0 aromatic heterocycles. The van der Waals surface area contributed by atoms with Gasteiger partial charge in [0.15, 0.2) is 0 Å². The molecule has 1 N–H and O–H groups in total. The SMILES string of the molecule is O=C(O)/C=C/C(F)(C(F)(F)F)C(F)(F)C(F)(F)F. The summed E-state index contributed by atoms with van der Waals surface area (Å²) in [6, 6.07) is 0. The van der Waals surface area contributed by atoms with Crippen molar-refractivity contribution >= 4 is 5.97 Å². The molecule has 0 saturated heterocycles. The van der Waals surface area contributed by atoms with Crippen molar-refractivity contribution in [2.75, 3.05) is 0 Å². The Morgan fingerprint density at radius 3 is 1.44 bits per heavy atom. The molecule has 0 fully saturated rings. The molecule has 0 aromatic carbocycles. The zero-order valence-corrected chi connectivity index (χ0v) is 7.91. The van der Waals surface area contributed by atoms with Crippen molar-refractivity contribution in [3.8, 4) is 0 Å². The van der Waals surface area contributed by atoms with E-state index < -0.39 is 42.1 Å². The van der Waals surface area contributed by atoms with E-state index in [1.807, 2.05) is 0 Å². The molecule has 1 unspecified atom stereocenters. The summed E-state index contributed by atoms with van der Waals surface area (Å²) in [5.41, 5.74) is -6.17. The molecule has 0 aliphatic heterocycles. The maximum atomic E-state index is 13.0. The zero-order chi connectivity index (χ0) is 15.0. The molecule has 11 heteroatoms. The molecule has 0 radical (unpaired) electrons. The molecular weight excluding hydrogens is 287 g/mol. The molecule has 0 aromatic rings. The number of rotatable bonds is 3. The molecule has 0 rings (SSSR count). The van der Waals surface area contributed by atoms with E-state index in [4.69, 9.17) is 5.11 Å². The molecule has 18 heavy (non-hydrogen) atoms. The summed E-state index contributed by atoms with van der Waals surface area (Å²) in [5.74, 6) is -9.15. The molecule has 1 atom stereocenters. The van der Waals surface area contributed by atoms with Gasteiger partial charge in [0.1, 0.15) is 0 Å². The lowest BCUT2D eigenvalue weighted by Crippen LogP contribution is -2.61. The monoisotopic (exact) mass is 290 g/mol. The second-order valence-corrected chi connectivity index (χ2v) is 2.95. The fourth-order valence-corrected chi connectivity index (χ4v) is 0.770. The van der Waals surface area contributed by atoms with Crippen LogP contribution in [0.2, 0.25) is 0 Å². The summed E-state index contributed by atoms with van der Waals surface area (Å²) in [7, 11) is 0. The molecule has 0 spiro atoms. The molecule has 106 valence electrons. The lowest BCUT2D eigenvalue weighted by Gasteiger charge is -2.33. The number of allylic oxidation sites excluding steroid dienone is 1. The molecule has 0 heterocycles. The van der Waals surface area contributed by atoms with Crippen LogP contribution in [0.1, 0.15) is 0 Å². The van der Waals surface area contributed by atoms with Crippen LogP contribution < -0.4 is 0 Å². The molecule has 2 nitrogen and oxygen atoms in total. The highest BCUT2D eigenvalue weighted by molar-refractivity contribution is 5.80. The van der Waals surface area contributed by atoms with E-state index >= 15 is 0 Å². The Kier molecular flexibility index (Phi) is 4.01. The Bertz CT molecular complexity index is 353. The first kappa shape index (κ1) is 16.6. The fraction of sp³-hybridized carbons (Fsp3) is 0.571. The van der Waals surface area contributed by atoms with E-state index in [0.29, 0.717) is 0 Å². The standard InChI is InChI=1S/C7H3F9O2/c8-4(6(11,12)13,2-1-3(17)18)5(9,10)7(14,15)16/h1-2H,(H,17,18)/b2-1+. The lowest BCUT2D eigenvalue weighted by molar-refractivity contribution is -0.369.